The number of nitrogen functional groups attached to an aromatic ring is 1. The fourth-order valence-corrected chi connectivity index (χ4v) is 1.44. The molecule has 0 bridgehead atoms. The second kappa shape index (κ2) is 5.79. The molecule has 10 heteroatoms. The van der Waals surface area contributed by atoms with E-state index >= 15 is 0 Å². The third kappa shape index (κ3) is 3.92. The van der Waals surface area contributed by atoms with Gasteiger partial charge in [0.15, 0.2) is 17.4 Å². The first-order valence-corrected chi connectivity index (χ1v) is 5.50. The van der Waals surface area contributed by atoms with Crippen LogP contribution in [0.5, 0.6) is 5.75 Å². The van der Waals surface area contributed by atoms with Gasteiger partial charge in [0.2, 0.25) is 5.95 Å². The number of nitrogens with zero attached hydrogens (tertiary/aromatic N) is 2. The first-order valence-electron chi connectivity index (χ1n) is 5.50. The minimum Gasteiger partial charge on any atom is -0.404 e. The SMILES string of the molecule is NNc1ncc(F)c(Nc2ccccc2OC(F)(F)F)n1. The molecular formula is C11H9F4N5O. The van der Waals surface area contributed by atoms with Crippen molar-refractivity contribution in [1.29, 1.82) is 0 Å². The van der Waals surface area contributed by atoms with Gasteiger partial charge in [-0.05, 0) is 12.1 Å². The normalized spacial score (nSPS) is 11.1. The smallest absolute Gasteiger partial charge is 0.404 e. The van der Waals surface area contributed by atoms with Gasteiger partial charge in [-0.3, -0.25) is 5.43 Å². The summed E-state index contributed by atoms with van der Waals surface area (Å²) in [5.74, 6) is 3.23. The highest BCUT2D eigenvalue weighted by molar-refractivity contribution is 5.64. The predicted molar refractivity (Wildman–Crippen MR) is 66.2 cm³/mol. The molecule has 0 radical (unpaired) electrons. The Kier molecular flexibility index (Phi) is 4.08. The standard InChI is InChI=1S/C11H9F4N5O/c12-6-5-17-10(20-16)19-9(6)18-7-3-1-2-4-8(7)21-11(13,14)15/h1-5H,16H2,(H2,17,18,19,20). The first kappa shape index (κ1) is 14.8. The summed E-state index contributed by atoms with van der Waals surface area (Å²) in [5, 5.41) is 2.39. The van der Waals surface area contributed by atoms with E-state index in [-0.39, 0.29) is 17.5 Å². The maximum Gasteiger partial charge on any atom is 0.573 e. The van der Waals surface area contributed by atoms with Crippen LogP contribution >= 0.6 is 0 Å². The van der Waals surface area contributed by atoms with Crippen molar-refractivity contribution in [3.8, 4) is 5.75 Å². The number of halogens is 4. The maximum atomic E-state index is 13.5. The van der Waals surface area contributed by atoms with Gasteiger partial charge in [0.25, 0.3) is 0 Å². The van der Waals surface area contributed by atoms with Crippen molar-refractivity contribution in [1.82, 2.24) is 9.97 Å². The molecule has 0 saturated heterocycles. The van der Waals surface area contributed by atoms with Gasteiger partial charge in [0, 0.05) is 0 Å². The molecule has 0 aliphatic heterocycles. The Hall–Kier alpha value is -2.62. The monoisotopic (exact) mass is 303 g/mol. The maximum absolute atomic E-state index is 13.5. The van der Waals surface area contributed by atoms with Crippen LogP contribution in [0.15, 0.2) is 30.5 Å². The molecule has 4 N–H and O–H groups in total. The quantitative estimate of drug-likeness (QED) is 0.457. The molecule has 1 aromatic heterocycles. The van der Waals surface area contributed by atoms with E-state index in [0.29, 0.717) is 0 Å². The molecular weight excluding hydrogens is 294 g/mol. The summed E-state index contributed by atoms with van der Waals surface area (Å²) in [6, 6.07) is 5.15. The Morgan fingerprint density at radius 1 is 1.19 bits per heavy atom. The highest BCUT2D eigenvalue weighted by Gasteiger charge is 2.32. The Bertz CT molecular complexity index is 634. The van der Waals surface area contributed by atoms with Crippen molar-refractivity contribution in [3.05, 3.63) is 36.3 Å². The fraction of sp³-hybridized carbons (Fsp3) is 0.0909. The third-order valence-corrected chi connectivity index (χ3v) is 2.24. The van der Waals surface area contributed by atoms with Gasteiger partial charge < -0.3 is 10.1 Å². The van der Waals surface area contributed by atoms with Crippen molar-refractivity contribution in [2.45, 2.75) is 6.36 Å². The molecule has 0 aliphatic rings. The molecule has 0 saturated carbocycles. The van der Waals surface area contributed by atoms with Crippen molar-refractivity contribution in [2.24, 2.45) is 5.84 Å². The van der Waals surface area contributed by atoms with Crippen LogP contribution in [0.25, 0.3) is 0 Å². The van der Waals surface area contributed by atoms with E-state index in [9.17, 15) is 17.6 Å². The zero-order valence-corrected chi connectivity index (χ0v) is 10.3. The topological polar surface area (TPSA) is 85.1 Å². The van der Waals surface area contributed by atoms with E-state index in [4.69, 9.17) is 5.84 Å². The van der Waals surface area contributed by atoms with E-state index < -0.39 is 17.9 Å². The van der Waals surface area contributed by atoms with Crippen LogP contribution in [0, 0.1) is 5.82 Å². The zero-order valence-electron chi connectivity index (χ0n) is 10.3. The van der Waals surface area contributed by atoms with Crippen molar-refractivity contribution in [2.75, 3.05) is 10.7 Å². The zero-order chi connectivity index (χ0) is 15.5. The molecule has 0 fully saturated rings. The number of rotatable bonds is 4. The summed E-state index contributed by atoms with van der Waals surface area (Å²) in [6.07, 6.45) is -4.05. The number of benzene rings is 1. The second-order valence-electron chi connectivity index (χ2n) is 3.70. The molecule has 1 aromatic carbocycles. The molecule has 6 nitrogen and oxygen atoms in total. The third-order valence-electron chi connectivity index (χ3n) is 2.24. The predicted octanol–water partition coefficient (Wildman–Crippen LogP) is 2.54. The summed E-state index contributed by atoms with van der Waals surface area (Å²) in [7, 11) is 0. The second-order valence-corrected chi connectivity index (χ2v) is 3.70. The molecule has 0 spiro atoms. The lowest BCUT2D eigenvalue weighted by Gasteiger charge is -2.14. The number of ether oxygens (including phenoxy) is 1. The summed E-state index contributed by atoms with van der Waals surface area (Å²) in [4.78, 5) is 7.16. The minimum absolute atomic E-state index is 0.104. The average molecular weight is 303 g/mol. The lowest BCUT2D eigenvalue weighted by molar-refractivity contribution is -0.274. The van der Waals surface area contributed by atoms with Gasteiger partial charge in [-0.25, -0.2) is 15.2 Å². The van der Waals surface area contributed by atoms with Crippen LogP contribution < -0.4 is 21.3 Å². The van der Waals surface area contributed by atoms with Crippen molar-refractivity contribution >= 4 is 17.5 Å². The summed E-state index contributed by atoms with van der Waals surface area (Å²) in [5.41, 5.74) is 1.98. The Morgan fingerprint density at radius 2 is 1.90 bits per heavy atom. The number of hydrazine groups is 1. The lowest BCUT2D eigenvalue weighted by atomic mass is 10.3. The van der Waals surface area contributed by atoms with Gasteiger partial charge in [-0.2, -0.15) is 4.98 Å². The van der Waals surface area contributed by atoms with Gasteiger partial charge >= 0.3 is 6.36 Å². The average Bonchev–Trinajstić information content (AvgIpc) is 2.42. The number of hydrogen-bond donors (Lipinski definition) is 3. The number of nitrogens with one attached hydrogen (secondary N) is 2. The van der Waals surface area contributed by atoms with E-state index in [0.717, 1.165) is 12.3 Å². The molecule has 2 rings (SSSR count). The van der Waals surface area contributed by atoms with Gasteiger partial charge in [0.1, 0.15) is 0 Å². The summed E-state index contributed by atoms with van der Waals surface area (Å²) < 4.78 is 54.2. The highest BCUT2D eigenvalue weighted by Crippen LogP contribution is 2.32. The summed E-state index contributed by atoms with van der Waals surface area (Å²) >= 11 is 0. The van der Waals surface area contributed by atoms with Crippen LogP contribution in [0.2, 0.25) is 0 Å². The van der Waals surface area contributed by atoms with Crippen LogP contribution in [-0.4, -0.2) is 16.3 Å². The molecule has 1 heterocycles. The number of alkyl halides is 3. The first-order chi connectivity index (χ1) is 9.89. The highest BCUT2D eigenvalue weighted by atomic mass is 19.4. The number of anilines is 3. The fourth-order valence-electron chi connectivity index (χ4n) is 1.44. The largest absolute Gasteiger partial charge is 0.573 e. The van der Waals surface area contributed by atoms with Crippen LogP contribution in [0.3, 0.4) is 0 Å². The number of nitrogens with two attached hydrogens (primary N) is 1. The molecule has 0 unspecified atom stereocenters. The molecule has 112 valence electrons. The lowest BCUT2D eigenvalue weighted by Crippen LogP contribution is -2.18. The van der Waals surface area contributed by atoms with E-state index in [1.807, 2.05) is 0 Å². The van der Waals surface area contributed by atoms with Crippen LogP contribution in [0.4, 0.5) is 35.0 Å². The van der Waals surface area contributed by atoms with Crippen LogP contribution in [-0.2, 0) is 0 Å². The van der Waals surface area contributed by atoms with Crippen molar-refractivity contribution in [3.63, 3.8) is 0 Å². The number of para-hydroxylation sites is 2. The Labute approximate surface area is 115 Å². The number of hydrogen-bond acceptors (Lipinski definition) is 6. The molecule has 21 heavy (non-hydrogen) atoms. The van der Waals surface area contributed by atoms with Gasteiger partial charge in [0.05, 0.1) is 11.9 Å². The molecule has 2 aromatic rings. The Balaban J connectivity index is 2.31. The molecule has 0 atom stereocenters. The van der Waals surface area contributed by atoms with Crippen LogP contribution in [0.1, 0.15) is 0 Å². The van der Waals surface area contributed by atoms with E-state index in [1.165, 1.54) is 18.2 Å². The molecule has 0 aliphatic carbocycles. The minimum atomic E-state index is -4.87. The van der Waals surface area contributed by atoms with E-state index in [1.54, 1.807) is 0 Å². The van der Waals surface area contributed by atoms with E-state index in [2.05, 4.69) is 25.4 Å². The summed E-state index contributed by atoms with van der Waals surface area (Å²) in [6.45, 7) is 0. The number of aromatic nitrogens is 2. The van der Waals surface area contributed by atoms with Gasteiger partial charge in [-0.15, -0.1) is 13.2 Å². The Morgan fingerprint density at radius 3 is 2.57 bits per heavy atom. The van der Waals surface area contributed by atoms with Gasteiger partial charge in [-0.1, -0.05) is 12.1 Å². The molecule has 0 amide bonds. The van der Waals surface area contributed by atoms with Crippen molar-refractivity contribution < 1.29 is 22.3 Å².